The second-order valence-corrected chi connectivity index (χ2v) is 4.84. The standard InChI is InChI=1S/C14H18N2O3/c17-13(7-11-5-6-15-8-11)16-9-10-1-3-12(4-2-10)14(18)19/h1-4,11,15H,5-9H2,(H,16,17)(H,18,19). The topological polar surface area (TPSA) is 78.4 Å². The molecule has 1 saturated heterocycles. The first-order valence-electron chi connectivity index (χ1n) is 6.45. The zero-order valence-electron chi connectivity index (χ0n) is 10.7. The van der Waals surface area contributed by atoms with Crippen molar-refractivity contribution in [3.05, 3.63) is 35.4 Å². The van der Waals surface area contributed by atoms with Crippen molar-refractivity contribution in [2.75, 3.05) is 13.1 Å². The third-order valence-corrected chi connectivity index (χ3v) is 3.33. The van der Waals surface area contributed by atoms with Crippen LogP contribution in [0, 0.1) is 5.92 Å². The molecule has 0 radical (unpaired) electrons. The molecule has 3 N–H and O–H groups in total. The molecule has 1 aliphatic rings. The number of amides is 1. The van der Waals surface area contributed by atoms with Gasteiger partial charge in [0.15, 0.2) is 0 Å². The third kappa shape index (κ3) is 4.06. The molecule has 5 heteroatoms. The number of nitrogens with one attached hydrogen (secondary N) is 2. The monoisotopic (exact) mass is 262 g/mol. The van der Waals surface area contributed by atoms with Crippen molar-refractivity contribution in [1.82, 2.24) is 10.6 Å². The van der Waals surface area contributed by atoms with E-state index in [4.69, 9.17) is 5.11 Å². The van der Waals surface area contributed by atoms with Gasteiger partial charge in [-0.05, 0) is 43.1 Å². The van der Waals surface area contributed by atoms with Gasteiger partial charge in [-0.25, -0.2) is 4.79 Å². The molecule has 2 rings (SSSR count). The molecule has 1 aromatic carbocycles. The van der Waals surface area contributed by atoms with Gasteiger partial charge < -0.3 is 15.7 Å². The van der Waals surface area contributed by atoms with Gasteiger partial charge in [0, 0.05) is 13.0 Å². The van der Waals surface area contributed by atoms with Gasteiger partial charge in [-0.2, -0.15) is 0 Å². The number of carboxylic acid groups (broad SMARTS) is 1. The number of rotatable bonds is 5. The number of carbonyl (C=O) groups is 2. The summed E-state index contributed by atoms with van der Waals surface area (Å²) in [6.45, 7) is 2.36. The van der Waals surface area contributed by atoms with Gasteiger partial charge in [-0.15, -0.1) is 0 Å². The maximum Gasteiger partial charge on any atom is 0.335 e. The van der Waals surface area contributed by atoms with E-state index in [2.05, 4.69) is 10.6 Å². The number of hydrogen-bond donors (Lipinski definition) is 3. The largest absolute Gasteiger partial charge is 0.478 e. The van der Waals surface area contributed by atoms with E-state index >= 15 is 0 Å². The van der Waals surface area contributed by atoms with E-state index in [1.807, 2.05) is 0 Å². The van der Waals surface area contributed by atoms with Gasteiger partial charge in [0.05, 0.1) is 5.56 Å². The normalized spacial score (nSPS) is 18.2. The first-order valence-corrected chi connectivity index (χ1v) is 6.45. The molecule has 5 nitrogen and oxygen atoms in total. The molecular weight excluding hydrogens is 244 g/mol. The molecule has 0 spiro atoms. The molecular formula is C14H18N2O3. The quantitative estimate of drug-likeness (QED) is 0.739. The summed E-state index contributed by atoms with van der Waals surface area (Å²) in [6, 6.07) is 6.54. The molecule has 1 fully saturated rings. The van der Waals surface area contributed by atoms with E-state index in [9.17, 15) is 9.59 Å². The molecule has 19 heavy (non-hydrogen) atoms. The lowest BCUT2D eigenvalue weighted by Crippen LogP contribution is -2.25. The minimum Gasteiger partial charge on any atom is -0.478 e. The van der Waals surface area contributed by atoms with Gasteiger partial charge in [0.2, 0.25) is 5.91 Å². The summed E-state index contributed by atoms with van der Waals surface area (Å²) in [5, 5.41) is 14.9. The van der Waals surface area contributed by atoms with Crippen LogP contribution in [0.3, 0.4) is 0 Å². The Morgan fingerprint density at radius 2 is 2.05 bits per heavy atom. The molecule has 1 aromatic rings. The van der Waals surface area contributed by atoms with Gasteiger partial charge in [-0.1, -0.05) is 12.1 Å². The molecule has 1 unspecified atom stereocenters. The maximum absolute atomic E-state index is 11.7. The third-order valence-electron chi connectivity index (χ3n) is 3.33. The second-order valence-electron chi connectivity index (χ2n) is 4.84. The van der Waals surface area contributed by atoms with Crippen molar-refractivity contribution in [2.45, 2.75) is 19.4 Å². The Morgan fingerprint density at radius 1 is 1.32 bits per heavy atom. The lowest BCUT2D eigenvalue weighted by atomic mass is 10.0. The van der Waals surface area contributed by atoms with Crippen LogP contribution in [0.1, 0.15) is 28.8 Å². The van der Waals surface area contributed by atoms with Crippen LogP contribution in [-0.2, 0) is 11.3 Å². The summed E-state index contributed by atoms with van der Waals surface area (Å²) in [6.07, 6.45) is 1.61. The van der Waals surface area contributed by atoms with Crippen LogP contribution in [0.15, 0.2) is 24.3 Å². The molecule has 1 aliphatic heterocycles. The van der Waals surface area contributed by atoms with Crippen molar-refractivity contribution in [3.8, 4) is 0 Å². The highest BCUT2D eigenvalue weighted by atomic mass is 16.4. The fourth-order valence-corrected chi connectivity index (χ4v) is 2.19. The van der Waals surface area contributed by atoms with Crippen molar-refractivity contribution in [1.29, 1.82) is 0 Å². The molecule has 0 saturated carbocycles. The summed E-state index contributed by atoms with van der Waals surface area (Å²) in [7, 11) is 0. The summed E-state index contributed by atoms with van der Waals surface area (Å²) in [5.41, 5.74) is 1.16. The number of aromatic carboxylic acids is 1. The highest BCUT2D eigenvalue weighted by molar-refractivity contribution is 5.87. The van der Waals surface area contributed by atoms with E-state index in [-0.39, 0.29) is 11.5 Å². The predicted octanol–water partition coefficient (Wildman–Crippen LogP) is 1.00. The smallest absolute Gasteiger partial charge is 0.335 e. The molecule has 1 atom stereocenters. The number of hydrogen-bond acceptors (Lipinski definition) is 3. The zero-order valence-corrected chi connectivity index (χ0v) is 10.7. The summed E-state index contributed by atoms with van der Waals surface area (Å²) in [4.78, 5) is 22.4. The van der Waals surface area contributed by atoms with Crippen molar-refractivity contribution < 1.29 is 14.7 Å². The lowest BCUT2D eigenvalue weighted by Gasteiger charge is -2.09. The second kappa shape index (κ2) is 6.33. The fourth-order valence-electron chi connectivity index (χ4n) is 2.19. The Balaban J connectivity index is 1.77. The number of carboxylic acids is 1. The first kappa shape index (κ1) is 13.5. The van der Waals surface area contributed by atoms with E-state index < -0.39 is 5.97 Å². The first-order chi connectivity index (χ1) is 9.15. The Kier molecular flexibility index (Phi) is 4.52. The Hall–Kier alpha value is -1.88. The Morgan fingerprint density at radius 3 is 2.63 bits per heavy atom. The average Bonchev–Trinajstić information content (AvgIpc) is 2.89. The van der Waals surface area contributed by atoms with Crippen molar-refractivity contribution in [3.63, 3.8) is 0 Å². The zero-order chi connectivity index (χ0) is 13.7. The summed E-state index contributed by atoms with van der Waals surface area (Å²) >= 11 is 0. The van der Waals surface area contributed by atoms with Crippen LogP contribution >= 0.6 is 0 Å². The maximum atomic E-state index is 11.7. The minimum atomic E-state index is -0.940. The molecule has 0 aromatic heterocycles. The van der Waals surface area contributed by atoms with Gasteiger partial charge in [-0.3, -0.25) is 4.79 Å². The predicted molar refractivity (Wildman–Crippen MR) is 70.8 cm³/mol. The van der Waals surface area contributed by atoms with Gasteiger partial charge in [0.1, 0.15) is 0 Å². The van der Waals surface area contributed by atoms with Crippen molar-refractivity contribution >= 4 is 11.9 Å². The van der Waals surface area contributed by atoms with Gasteiger partial charge >= 0.3 is 5.97 Å². The van der Waals surface area contributed by atoms with Crippen LogP contribution < -0.4 is 10.6 Å². The van der Waals surface area contributed by atoms with E-state index in [0.717, 1.165) is 25.1 Å². The van der Waals surface area contributed by atoms with E-state index in [0.29, 0.717) is 18.9 Å². The van der Waals surface area contributed by atoms with Crippen LogP contribution in [-0.4, -0.2) is 30.1 Å². The van der Waals surface area contributed by atoms with E-state index in [1.165, 1.54) is 0 Å². The van der Waals surface area contributed by atoms with Crippen LogP contribution in [0.25, 0.3) is 0 Å². The van der Waals surface area contributed by atoms with Gasteiger partial charge in [0.25, 0.3) is 0 Å². The number of benzene rings is 1. The highest BCUT2D eigenvalue weighted by Crippen LogP contribution is 2.12. The Labute approximate surface area is 112 Å². The Bertz CT molecular complexity index is 450. The van der Waals surface area contributed by atoms with Crippen LogP contribution in [0.4, 0.5) is 0 Å². The fraction of sp³-hybridized carbons (Fsp3) is 0.429. The molecule has 0 aliphatic carbocycles. The average molecular weight is 262 g/mol. The van der Waals surface area contributed by atoms with Crippen molar-refractivity contribution in [2.24, 2.45) is 5.92 Å². The molecule has 102 valence electrons. The minimum absolute atomic E-state index is 0.0519. The summed E-state index contributed by atoms with van der Waals surface area (Å²) in [5.74, 6) is -0.449. The lowest BCUT2D eigenvalue weighted by molar-refractivity contribution is -0.122. The highest BCUT2D eigenvalue weighted by Gasteiger charge is 2.17. The van der Waals surface area contributed by atoms with Crippen LogP contribution in [0.2, 0.25) is 0 Å². The molecule has 1 amide bonds. The SMILES string of the molecule is O=C(CC1CCNC1)NCc1ccc(C(=O)O)cc1. The molecule has 0 bridgehead atoms. The van der Waals surface area contributed by atoms with Crippen LogP contribution in [0.5, 0.6) is 0 Å². The molecule has 1 heterocycles. The summed E-state index contributed by atoms with van der Waals surface area (Å²) < 4.78 is 0. The van der Waals surface area contributed by atoms with E-state index in [1.54, 1.807) is 24.3 Å². The number of carbonyl (C=O) groups excluding carboxylic acids is 1.